The van der Waals surface area contributed by atoms with Crippen molar-refractivity contribution in [2.24, 2.45) is 0 Å². The van der Waals surface area contributed by atoms with Gasteiger partial charge in [0.2, 0.25) is 15.9 Å². The average Bonchev–Trinajstić information content (AvgIpc) is 2.60. The van der Waals surface area contributed by atoms with Crippen molar-refractivity contribution in [1.82, 2.24) is 4.72 Å². The Morgan fingerprint density at radius 1 is 1.07 bits per heavy atom. The van der Waals surface area contributed by atoms with Crippen LogP contribution in [0.1, 0.15) is 29.8 Å². The second kappa shape index (κ2) is 8.41. The molecule has 2 rings (SSSR count). The maximum Gasteiger partial charge on any atom is 0.240 e. The molecule has 0 fully saturated rings. The topological polar surface area (TPSA) is 83.6 Å². The lowest BCUT2D eigenvalue weighted by Gasteiger charge is -2.21. The monoisotopic (exact) mass is 392 g/mol. The summed E-state index contributed by atoms with van der Waals surface area (Å²) in [5, 5.41) is 0. The molecule has 27 heavy (non-hydrogen) atoms. The predicted octanol–water partition coefficient (Wildman–Crippen LogP) is 2.67. The van der Waals surface area contributed by atoms with E-state index in [1.165, 1.54) is 37.8 Å². The van der Waals surface area contributed by atoms with Crippen LogP contribution in [0.2, 0.25) is 0 Å². The van der Waals surface area contributed by atoms with E-state index in [2.05, 4.69) is 4.72 Å². The molecule has 6 nitrogen and oxygen atoms in total. The summed E-state index contributed by atoms with van der Waals surface area (Å²) in [6.07, 6.45) is 0. The standard InChI is InChI=1S/C19H21FN2O4S/c1-13-12-18(8-9-19(13)20)27(25,26)21-10-11-22(15(3)24)17-6-4-16(5-7-17)14(2)23/h4-9,12,21H,10-11H2,1-3H3. The molecule has 0 atom stereocenters. The molecule has 0 aromatic heterocycles. The van der Waals surface area contributed by atoms with Crippen LogP contribution < -0.4 is 9.62 Å². The number of amides is 1. The molecule has 144 valence electrons. The first-order valence-corrected chi connectivity index (χ1v) is 9.75. The number of anilines is 1. The van der Waals surface area contributed by atoms with Crippen LogP contribution in [0, 0.1) is 12.7 Å². The highest BCUT2D eigenvalue weighted by Gasteiger charge is 2.17. The minimum atomic E-state index is -3.82. The number of aryl methyl sites for hydroxylation is 1. The first kappa shape index (κ1) is 20.7. The largest absolute Gasteiger partial charge is 0.311 e. The summed E-state index contributed by atoms with van der Waals surface area (Å²) in [6.45, 7) is 4.39. The van der Waals surface area contributed by atoms with E-state index in [9.17, 15) is 22.4 Å². The van der Waals surface area contributed by atoms with Crippen LogP contribution in [0.15, 0.2) is 47.4 Å². The number of halogens is 1. The Hall–Kier alpha value is -2.58. The third-order valence-electron chi connectivity index (χ3n) is 4.03. The summed E-state index contributed by atoms with van der Waals surface area (Å²) in [5.74, 6) is -0.827. The normalized spacial score (nSPS) is 11.3. The van der Waals surface area contributed by atoms with Crippen molar-refractivity contribution in [3.8, 4) is 0 Å². The molecule has 0 saturated heterocycles. The van der Waals surface area contributed by atoms with Gasteiger partial charge in [0.1, 0.15) is 5.82 Å². The number of hydrogen-bond donors (Lipinski definition) is 1. The van der Waals surface area contributed by atoms with Crippen LogP contribution >= 0.6 is 0 Å². The lowest BCUT2D eigenvalue weighted by atomic mass is 10.1. The smallest absolute Gasteiger partial charge is 0.240 e. The number of carbonyl (C=O) groups is 2. The average molecular weight is 392 g/mol. The first-order chi connectivity index (χ1) is 12.6. The van der Waals surface area contributed by atoms with Crippen molar-refractivity contribution >= 4 is 27.4 Å². The Balaban J connectivity index is 2.08. The molecular formula is C19H21FN2O4S. The van der Waals surface area contributed by atoms with E-state index in [1.54, 1.807) is 24.3 Å². The molecule has 0 spiro atoms. The van der Waals surface area contributed by atoms with Crippen LogP contribution in [0.4, 0.5) is 10.1 Å². The van der Waals surface area contributed by atoms with Gasteiger partial charge < -0.3 is 4.90 Å². The predicted molar refractivity (Wildman–Crippen MR) is 101 cm³/mol. The lowest BCUT2D eigenvalue weighted by molar-refractivity contribution is -0.116. The minimum Gasteiger partial charge on any atom is -0.311 e. The number of carbonyl (C=O) groups excluding carboxylic acids is 2. The van der Waals surface area contributed by atoms with Gasteiger partial charge in [0.05, 0.1) is 4.90 Å². The number of hydrogen-bond acceptors (Lipinski definition) is 4. The van der Waals surface area contributed by atoms with E-state index in [0.29, 0.717) is 11.3 Å². The molecule has 0 aliphatic carbocycles. The number of nitrogens with one attached hydrogen (secondary N) is 1. The molecule has 0 unspecified atom stereocenters. The van der Waals surface area contributed by atoms with Crippen molar-refractivity contribution < 1.29 is 22.4 Å². The van der Waals surface area contributed by atoms with Gasteiger partial charge in [-0.2, -0.15) is 0 Å². The van der Waals surface area contributed by atoms with Crippen LogP contribution in [0.3, 0.4) is 0 Å². The fourth-order valence-corrected chi connectivity index (χ4v) is 3.61. The fourth-order valence-electron chi connectivity index (χ4n) is 2.50. The van der Waals surface area contributed by atoms with Gasteiger partial charge in [-0.3, -0.25) is 9.59 Å². The molecular weight excluding hydrogens is 371 g/mol. The van der Waals surface area contributed by atoms with E-state index in [4.69, 9.17) is 0 Å². The van der Waals surface area contributed by atoms with Gasteiger partial charge in [-0.25, -0.2) is 17.5 Å². The van der Waals surface area contributed by atoms with Crippen LogP contribution in [-0.2, 0) is 14.8 Å². The zero-order chi connectivity index (χ0) is 20.2. The summed E-state index contributed by atoms with van der Waals surface area (Å²) >= 11 is 0. The number of ketones is 1. The third kappa shape index (κ3) is 5.21. The highest BCUT2D eigenvalue weighted by Crippen LogP contribution is 2.17. The zero-order valence-electron chi connectivity index (χ0n) is 15.3. The molecule has 1 amide bonds. The van der Waals surface area contributed by atoms with E-state index in [1.807, 2.05) is 0 Å². The summed E-state index contributed by atoms with van der Waals surface area (Å²) in [5.41, 5.74) is 1.31. The highest BCUT2D eigenvalue weighted by molar-refractivity contribution is 7.89. The van der Waals surface area contributed by atoms with E-state index in [0.717, 1.165) is 6.07 Å². The molecule has 0 heterocycles. The Morgan fingerprint density at radius 3 is 2.22 bits per heavy atom. The van der Waals surface area contributed by atoms with Gasteiger partial charge >= 0.3 is 0 Å². The van der Waals surface area contributed by atoms with Crippen molar-refractivity contribution in [2.75, 3.05) is 18.0 Å². The summed E-state index contributed by atoms with van der Waals surface area (Å²) < 4.78 is 40.4. The number of rotatable bonds is 7. The molecule has 0 saturated carbocycles. The number of Topliss-reactive ketones (excluding diaryl/α,β-unsaturated/α-hetero) is 1. The molecule has 2 aromatic carbocycles. The Labute approximate surface area is 158 Å². The van der Waals surface area contributed by atoms with Gasteiger partial charge in [0.25, 0.3) is 0 Å². The van der Waals surface area contributed by atoms with Crippen LogP contribution in [0.25, 0.3) is 0 Å². The molecule has 0 radical (unpaired) electrons. The second-order valence-corrected chi connectivity index (χ2v) is 7.85. The molecule has 1 N–H and O–H groups in total. The van der Waals surface area contributed by atoms with Crippen molar-refractivity contribution in [3.63, 3.8) is 0 Å². The summed E-state index contributed by atoms with van der Waals surface area (Å²) in [7, 11) is -3.82. The number of sulfonamides is 1. The van der Waals surface area contributed by atoms with E-state index in [-0.39, 0.29) is 35.2 Å². The highest BCUT2D eigenvalue weighted by atomic mass is 32.2. The number of nitrogens with zero attached hydrogens (tertiary/aromatic N) is 1. The summed E-state index contributed by atoms with van der Waals surface area (Å²) in [4.78, 5) is 24.6. The molecule has 0 bridgehead atoms. The maximum atomic E-state index is 13.3. The number of benzene rings is 2. The van der Waals surface area contributed by atoms with Crippen molar-refractivity contribution in [2.45, 2.75) is 25.7 Å². The quantitative estimate of drug-likeness (QED) is 0.735. The van der Waals surface area contributed by atoms with Crippen LogP contribution in [-0.4, -0.2) is 33.2 Å². The molecule has 0 aliphatic rings. The lowest BCUT2D eigenvalue weighted by Crippen LogP contribution is -2.37. The van der Waals surface area contributed by atoms with Gasteiger partial charge in [0.15, 0.2) is 5.78 Å². The first-order valence-electron chi connectivity index (χ1n) is 8.27. The molecule has 2 aromatic rings. The molecule has 0 aliphatic heterocycles. The SMILES string of the molecule is CC(=O)c1ccc(N(CCNS(=O)(=O)c2ccc(F)c(C)c2)C(C)=O)cc1. The Morgan fingerprint density at radius 2 is 1.70 bits per heavy atom. The van der Waals surface area contributed by atoms with E-state index < -0.39 is 15.8 Å². The molecule has 8 heteroatoms. The Kier molecular flexibility index (Phi) is 6.45. The fraction of sp³-hybridized carbons (Fsp3) is 0.263. The third-order valence-corrected chi connectivity index (χ3v) is 5.49. The van der Waals surface area contributed by atoms with Gasteiger partial charge in [-0.1, -0.05) is 0 Å². The zero-order valence-corrected chi connectivity index (χ0v) is 16.1. The van der Waals surface area contributed by atoms with Crippen molar-refractivity contribution in [3.05, 3.63) is 59.4 Å². The van der Waals surface area contributed by atoms with E-state index >= 15 is 0 Å². The van der Waals surface area contributed by atoms with Gasteiger partial charge in [0, 0.05) is 31.3 Å². The summed E-state index contributed by atoms with van der Waals surface area (Å²) in [6, 6.07) is 10.0. The maximum absolute atomic E-state index is 13.3. The van der Waals surface area contributed by atoms with Crippen molar-refractivity contribution in [1.29, 1.82) is 0 Å². The minimum absolute atomic E-state index is 0.0210. The second-order valence-electron chi connectivity index (χ2n) is 6.08. The van der Waals surface area contributed by atoms with Gasteiger partial charge in [-0.05, 0) is 61.9 Å². The van der Waals surface area contributed by atoms with Crippen LogP contribution in [0.5, 0.6) is 0 Å². The van der Waals surface area contributed by atoms with Gasteiger partial charge in [-0.15, -0.1) is 0 Å². The Bertz CT molecular complexity index is 956.